The lowest BCUT2D eigenvalue weighted by atomic mass is 9.95. The van der Waals surface area contributed by atoms with E-state index in [4.69, 9.17) is 0 Å². The van der Waals surface area contributed by atoms with Crippen LogP contribution in [0.2, 0.25) is 0 Å². The second-order valence-electron chi connectivity index (χ2n) is 7.87. The predicted octanol–water partition coefficient (Wildman–Crippen LogP) is 3.75. The molecular weight excluding hydrogens is 324 g/mol. The van der Waals surface area contributed by atoms with Gasteiger partial charge < -0.3 is 4.90 Å². The van der Waals surface area contributed by atoms with Crippen molar-refractivity contribution in [3.63, 3.8) is 0 Å². The summed E-state index contributed by atoms with van der Waals surface area (Å²) >= 11 is 0. The SMILES string of the molecule is CCCN(C[C@@H](C)c1cccnc1)C(=O)Cc1cnc(C(C)(C)C)nc1. The fourth-order valence-electron chi connectivity index (χ4n) is 2.81. The lowest BCUT2D eigenvalue weighted by Gasteiger charge is -2.26. The standard InChI is InChI=1S/C21H30N4O/c1-6-10-25(15-16(2)18-8-7-9-22-14-18)19(26)11-17-12-23-20(24-13-17)21(3,4)5/h7-9,12-14,16H,6,10-11,15H2,1-5H3/t16-/m1/s1. The van der Waals surface area contributed by atoms with Crippen LogP contribution in [0.3, 0.4) is 0 Å². The van der Waals surface area contributed by atoms with Gasteiger partial charge in [-0.25, -0.2) is 9.97 Å². The maximum absolute atomic E-state index is 12.8. The molecule has 0 bridgehead atoms. The van der Waals surface area contributed by atoms with Crippen molar-refractivity contribution in [2.24, 2.45) is 0 Å². The van der Waals surface area contributed by atoms with Crippen molar-refractivity contribution in [3.8, 4) is 0 Å². The summed E-state index contributed by atoms with van der Waals surface area (Å²) in [7, 11) is 0. The van der Waals surface area contributed by atoms with Crippen molar-refractivity contribution in [3.05, 3.63) is 53.9 Å². The van der Waals surface area contributed by atoms with Crippen LogP contribution in [0, 0.1) is 0 Å². The highest BCUT2D eigenvalue weighted by atomic mass is 16.2. The van der Waals surface area contributed by atoms with Crippen LogP contribution in [-0.4, -0.2) is 38.8 Å². The van der Waals surface area contributed by atoms with Gasteiger partial charge in [0.15, 0.2) is 0 Å². The van der Waals surface area contributed by atoms with E-state index in [1.165, 1.54) is 0 Å². The van der Waals surface area contributed by atoms with E-state index in [0.717, 1.165) is 29.9 Å². The van der Waals surface area contributed by atoms with E-state index in [1.807, 2.05) is 17.2 Å². The lowest BCUT2D eigenvalue weighted by Crippen LogP contribution is -2.36. The maximum atomic E-state index is 12.8. The van der Waals surface area contributed by atoms with Gasteiger partial charge in [0.25, 0.3) is 0 Å². The zero-order valence-electron chi connectivity index (χ0n) is 16.6. The van der Waals surface area contributed by atoms with Gasteiger partial charge in [-0.2, -0.15) is 0 Å². The summed E-state index contributed by atoms with van der Waals surface area (Å²) in [6, 6.07) is 4.00. The minimum absolute atomic E-state index is 0.0874. The monoisotopic (exact) mass is 354 g/mol. The molecule has 26 heavy (non-hydrogen) atoms. The minimum Gasteiger partial charge on any atom is -0.342 e. The van der Waals surface area contributed by atoms with Gasteiger partial charge in [-0.3, -0.25) is 9.78 Å². The maximum Gasteiger partial charge on any atom is 0.227 e. The Kier molecular flexibility index (Phi) is 6.83. The van der Waals surface area contributed by atoms with Gasteiger partial charge in [0, 0.05) is 49.2 Å². The van der Waals surface area contributed by atoms with Gasteiger partial charge in [0.2, 0.25) is 5.91 Å². The zero-order valence-corrected chi connectivity index (χ0v) is 16.6. The number of pyridine rings is 1. The lowest BCUT2D eigenvalue weighted by molar-refractivity contribution is -0.130. The summed E-state index contributed by atoms with van der Waals surface area (Å²) in [4.78, 5) is 27.8. The highest BCUT2D eigenvalue weighted by Crippen LogP contribution is 2.18. The number of carbonyl (C=O) groups excluding carboxylic acids is 1. The van der Waals surface area contributed by atoms with Gasteiger partial charge in [0.1, 0.15) is 5.82 Å². The van der Waals surface area contributed by atoms with Crippen LogP contribution in [0.25, 0.3) is 0 Å². The number of rotatable bonds is 7. The average Bonchev–Trinajstić information content (AvgIpc) is 2.61. The number of nitrogens with zero attached hydrogens (tertiary/aromatic N) is 4. The van der Waals surface area contributed by atoms with Crippen molar-refractivity contribution in [2.75, 3.05) is 13.1 Å². The van der Waals surface area contributed by atoms with Crippen molar-refractivity contribution < 1.29 is 4.79 Å². The molecule has 0 N–H and O–H groups in total. The molecule has 0 radical (unpaired) electrons. The van der Waals surface area contributed by atoms with Crippen molar-refractivity contribution >= 4 is 5.91 Å². The number of amides is 1. The van der Waals surface area contributed by atoms with Crippen LogP contribution in [0.4, 0.5) is 0 Å². The highest BCUT2D eigenvalue weighted by Gasteiger charge is 2.19. The van der Waals surface area contributed by atoms with Gasteiger partial charge in [-0.15, -0.1) is 0 Å². The van der Waals surface area contributed by atoms with Gasteiger partial charge >= 0.3 is 0 Å². The van der Waals surface area contributed by atoms with Crippen LogP contribution in [0.15, 0.2) is 36.9 Å². The van der Waals surface area contributed by atoms with E-state index < -0.39 is 0 Å². The Balaban J connectivity index is 2.03. The molecule has 2 rings (SSSR count). The Bertz CT molecular complexity index is 692. The van der Waals surface area contributed by atoms with Crippen molar-refractivity contribution in [2.45, 2.75) is 58.8 Å². The number of carbonyl (C=O) groups is 1. The highest BCUT2D eigenvalue weighted by molar-refractivity contribution is 5.78. The first-order valence-corrected chi connectivity index (χ1v) is 9.30. The molecule has 0 aromatic carbocycles. The molecule has 5 heteroatoms. The van der Waals surface area contributed by atoms with Crippen molar-refractivity contribution in [1.82, 2.24) is 19.9 Å². The molecule has 1 atom stereocenters. The van der Waals surface area contributed by atoms with Crippen LogP contribution in [0.1, 0.15) is 63.9 Å². The first-order valence-electron chi connectivity index (χ1n) is 9.30. The Morgan fingerprint density at radius 2 is 1.88 bits per heavy atom. The molecular formula is C21H30N4O. The van der Waals surface area contributed by atoms with E-state index in [-0.39, 0.29) is 17.2 Å². The van der Waals surface area contributed by atoms with E-state index in [0.29, 0.717) is 13.0 Å². The molecule has 0 aliphatic heterocycles. The molecule has 5 nitrogen and oxygen atoms in total. The third-order valence-electron chi connectivity index (χ3n) is 4.33. The molecule has 2 aromatic rings. The summed E-state index contributed by atoms with van der Waals surface area (Å²) in [5.41, 5.74) is 1.92. The molecule has 2 aromatic heterocycles. The fraction of sp³-hybridized carbons (Fsp3) is 0.524. The summed E-state index contributed by atoms with van der Waals surface area (Å²) in [6.07, 6.45) is 8.47. The van der Waals surface area contributed by atoms with Gasteiger partial charge in [-0.05, 0) is 23.6 Å². The molecule has 0 saturated carbocycles. The van der Waals surface area contributed by atoms with Crippen LogP contribution in [0.5, 0.6) is 0 Å². The molecule has 0 aliphatic rings. The summed E-state index contributed by atoms with van der Waals surface area (Å²) in [5, 5.41) is 0. The Labute approximate surface area is 156 Å². The van der Waals surface area contributed by atoms with Gasteiger partial charge in [-0.1, -0.05) is 40.7 Å². The third-order valence-corrected chi connectivity index (χ3v) is 4.33. The Hall–Kier alpha value is -2.30. The first-order chi connectivity index (χ1) is 12.3. The predicted molar refractivity (Wildman–Crippen MR) is 104 cm³/mol. The van der Waals surface area contributed by atoms with E-state index in [1.54, 1.807) is 18.6 Å². The van der Waals surface area contributed by atoms with Crippen LogP contribution in [-0.2, 0) is 16.6 Å². The average molecular weight is 354 g/mol. The topological polar surface area (TPSA) is 59.0 Å². The quantitative estimate of drug-likeness (QED) is 0.760. The van der Waals surface area contributed by atoms with Crippen LogP contribution >= 0.6 is 0 Å². The molecule has 0 fully saturated rings. The number of aromatic nitrogens is 3. The molecule has 0 aliphatic carbocycles. The molecule has 140 valence electrons. The summed E-state index contributed by atoms with van der Waals surface area (Å²) in [5.74, 6) is 1.16. The third kappa shape index (κ3) is 5.61. The number of hydrogen-bond acceptors (Lipinski definition) is 4. The van der Waals surface area contributed by atoms with Crippen molar-refractivity contribution in [1.29, 1.82) is 0 Å². The smallest absolute Gasteiger partial charge is 0.227 e. The Morgan fingerprint density at radius 1 is 1.19 bits per heavy atom. The number of hydrogen-bond donors (Lipinski definition) is 0. The largest absolute Gasteiger partial charge is 0.342 e. The summed E-state index contributed by atoms with van der Waals surface area (Å²) < 4.78 is 0. The van der Waals surface area contributed by atoms with E-state index >= 15 is 0 Å². The second kappa shape index (κ2) is 8.88. The first kappa shape index (κ1) is 20.0. The minimum atomic E-state index is -0.0874. The molecule has 1 amide bonds. The summed E-state index contributed by atoms with van der Waals surface area (Å²) in [6.45, 7) is 11.9. The Morgan fingerprint density at radius 3 is 2.42 bits per heavy atom. The van der Waals surface area contributed by atoms with Crippen LogP contribution < -0.4 is 0 Å². The van der Waals surface area contributed by atoms with E-state index in [9.17, 15) is 4.79 Å². The normalized spacial score (nSPS) is 12.7. The van der Waals surface area contributed by atoms with E-state index in [2.05, 4.69) is 55.6 Å². The zero-order chi connectivity index (χ0) is 19.2. The van der Waals surface area contributed by atoms with Gasteiger partial charge in [0.05, 0.1) is 6.42 Å². The second-order valence-corrected chi connectivity index (χ2v) is 7.87. The fourth-order valence-corrected chi connectivity index (χ4v) is 2.81. The molecule has 0 spiro atoms. The molecule has 0 saturated heterocycles. The molecule has 0 unspecified atom stereocenters. The molecule has 2 heterocycles.